The van der Waals surface area contributed by atoms with Crippen molar-refractivity contribution in [1.29, 1.82) is 0 Å². The van der Waals surface area contributed by atoms with Crippen LogP contribution in [-0.2, 0) is 4.79 Å². The molecule has 118 valence electrons. The highest BCUT2D eigenvalue weighted by Gasteiger charge is 2.07. The zero-order valence-corrected chi connectivity index (χ0v) is 14.0. The molecule has 23 heavy (non-hydrogen) atoms. The second kappa shape index (κ2) is 6.87. The second-order valence-corrected chi connectivity index (χ2v) is 6.64. The molecule has 5 heteroatoms. The highest BCUT2D eigenvalue weighted by molar-refractivity contribution is 7.99. The van der Waals surface area contributed by atoms with Gasteiger partial charge in [0.2, 0.25) is 5.91 Å². The molecule has 1 aromatic heterocycles. The quantitative estimate of drug-likeness (QED) is 0.683. The minimum absolute atomic E-state index is 0.0345. The first-order valence-electron chi connectivity index (χ1n) is 7.59. The summed E-state index contributed by atoms with van der Waals surface area (Å²) >= 11 is 1.40. The Bertz CT molecular complexity index is 776. The molecule has 0 spiro atoms. The van der Waals surface area contributed by atoms with Crippen LogP contribution in [0.1, 0.15) is 25.3 Å². The number of aromatic amines is 1. The Morgan fingerprint density at radius 2 is 1.91 bits per heavy atom. The van der Waals surface area contributed by atoms with Gasteiger partial charge in [0, 0.05) is 5.69 Å². The predicted molar refractivity (Wildman–Crippen MR) is 96.0 cm³/mol. The molecule has 1 amide bonds. The van der Waals surface area contributed by atoms with Crippen molar-refractivity contribution < 1.29 is 4.79 Å². The smallest absolute Gasteiger partial charge is 0.234 e. The molecule has 0 aliphatic rings. The number of para-hydroxylation sites is 2. The number of amides is 1. The van der Waals surface area contributed by atoms with Gasteiger partial charge in [-0.15, -0.1) is 0 Å². The molecule has 0 unspecified atom stereocenters. The number of hydrogen-bond acceptors (Lipinski definition) is 3. The SMILES string of the molecule is CC(C)c1ccc(NC(=O)CSc2nc3ccccc3[nH]2)cc1. The molecular formula is C18H19N3OS. The van der Waals surface area contributed by atoms with Crippen LogP contribution in [0.4, 0.5) is 5.69 Å². The van der Waals surface area contributed by atoms with Gasteiger partial charge in [-0.3, -0.25) is 4.79 Å². The second-order valence-electron chi connectivity index (χ2n) is 5.67. The van der Waals surface area contributed by atoms with Crippen molar-refractivity contribution in [2.75, 3.05) is 11.1 Å². The third-order valence-corrected chi connectivity index (χ3v) is 4.44. The lowest BCUT2D eigenvalue weighted by Crippen LogP contribution is -2.14. The molecule has 1 heterocycles. The zero-order chi connectivity index (χ0) is 16.2. The molecule has 4 nitrogen and oxygen atoms in total. The van der Waals surface area contributed by atoms with E-state index < -0.39 is 0 Å². The van der Waals surface area contributed by atoms with E-state index in [0.717, 1.165) is 21.9 Å². The van der Waals surface area contributed by atoms with Crippen LogP contribution >= 0.6 is 11.8 Å². The number of imidazole rings is 1. The molecular weight excluding hydrogens is 306 g/mol. The van der Waals surface area contributed by atoms with Gasteiger partial charge in [0.15, 0.2) is 5.16 Å². The lowest BCUT2D eigenvalue weighted by Gasteiger charge is -2.08. The summed E-state index contributed by atoms with van der Waals surface area (Å²) in [5.74, 6) is 0.780. The predicted octanol–water partition coefficient (Wildman–Crippen LogP) is 4.42. The van der Waals surface area contributed by atoms with E-state index >= 15 is 0 Å². The molecule has 0 bridgehead atoms. The van der Waals surface area contributed by atoms with Crippen molar-refractivity contribution in [1.82, 2.24) is 9.97 Å². The molecule has 0 saturated carbocycles. The van der Waals surface area contributed by atoms with E-state index in [0.29, 0.717) is 11.7 Å². The molecule has 0 radical (unpaired) electrons. The van der Waals surface area contributed by atoms with Crippen LogP contribution in [-0.4, -0.2) is 21.6 Å². The molecule has 0 aliphatic heterocycles. The summed E-state index contributed by atoms with van der Waals surface area (Å²) < 4.78 is 0. The number of nitrogens with zero attached hydrogens (tertiary/aromatic N) is 1. The van der Waals surface area contributed by atoms with Crippen molar-refractivity contribution in [2.45, 2.75) is 24.9 Å². The van der Waals surface area contributed by atoms with Crippen LogP contribution in [0.5, 0.6) is 0 Å². The molecule has 0 atom stereocenters. The summed E-state index contributed by atoms with van der Waals surface area (Å²) in [6.45, 7) is 4.30. The largest absolute Gasteiger partial charge is 0.333 e. The summed E-state index contributed by atoms with van der Waals surface area (Å²) in [5, 5.41) is 3.67. The van der Waals surface area contributed by atoms with Gasteiger partial charge in [0.25, 0.3) is 0 Å². The number of rotatable bonds is 5. The standard InChI is InChI=1S/C18H19N3OS/c1-12(2)13-7-9-14(10-8-13)19-17(22)11-23-18-20-15-5-3-4-6-16(15)21-18/h3-10,12H,11H2,1-2H3,(H,19,22)(H,20,21). The van der Waals surface area contributed by atoms with E-state index in [9.17, 15) is 4.79 Å². The average molecular weight is 325 g/mol. The zero-order valence-electron chi connectivity index (χ0n) is 13.2. The van der Waals surface area contributed by atoms with Crippen LogP contribution in [0, 0.1) is 0 Å². The van der Waals surface area contributed by atoms with E-state index in [1.165, 1.54) is 17.3 Å². The van der Waals surface area contributed by atoms with Crippen molar-refractivity contribution in [3.05, 3.63) is 54.1 Å². The first-order valence-corrected chi connectivity index (χ1v) is 8.58. The summed E-state index contributed by atoms with van der Waals surface area (Å²) in [6, 6.07) is 15.8. The molecule has 0 fully saturated rings. The number of thioether (sulfide) groups is 1. The topological polar surface area (TPSA) is 57.8 Å². The Morgan fingerprint density at radius 3 is 2.61 bits per heavy atom. The fraction of sp³-hybridized carbons (Fsp3) is 0.222. The van der Waals surface area contributed by atoms with Crippen LogP contribution in [0.25, 0.3) is 11.0 Å². The maximum atomic E-state index is 12.0. The van der Waals surface area contributed by atoms with Crippen molar-refractivity contribution in [3.8, 4) is 0 Å². The van der Waals surface area contributed by atoms with E-state index in [1.54, 1.807) is 0 Å². The molecule has 2 N–H and O–H groups in total. The first-order chi connectivity index (χ1) is 11.1. The first kappa shape index (κ1) is 15.6. The van der Waals surface area contributed by atoms with Crippen molar-refractivity contribution in [3.63, 3.8) is 0 Å². The number of anilines is 1. The van der Waals surface area contributed by atoms with Gasteiger partial charge < -0.3 is 10.3 Å². The highest BCUT2D eigenvalue weighted by atomic mass is 32.2. The summed E-state index contributed by atoms with van der Waals surface area (Å²) in [7, 11) is 0. The number of carbonyl (C=O) groups is 1. The molecule has 0 saturated heterocycles. The fourth-order valence-corrected chi connectivity index (χ4v) is 2.97. The number of H-pyrrole nitrogens is 1. The van der Waals surface area contributed by atoms with Crippen LogP contribution in [0.2, 0.25) is 0 Å². The van der Waals surface area contributed by atoms with Crippen molar-refractivity contribution >= 4 is 34.4 Å². The van der Waals surface area contributed by atoms with E-state index in [4.69, 9.17) is 0 Å². The summed E-state index contributed by atoms with van der Waals surface area (Å²) in [5.41, 5.74) is 3.99. The van der Waals surface area contributed by atoms with Gasteiger partial charge in [-0.1, -0.05) is 49.9 Å². The van der Waals surface area contributed by atoms with Gasteiger partial charge in [-0.25, -0.2) is 4.98 Å². The number of nitrogens with one attached hydrogen (secondary N) is 2. The monoisotopic (exact) mass is 325 g/mol. The fourth-order valence-electron chi connectivity index (χ4n) is 2.28. The summed E-state index contributed by atoms with van der Waals surface area (Å²) in [4.78, 5) is 19.7. The number of hydrogen-bond donors (Lipinski definition) is 2. The minimum Gasteiger partial charge on any atom is -0.333 e. The Hall–Kier alpha value is -2.27. The number of fused-ring (bicyclic) bond motifs is 1. The highest BCUT2D eigenvalue weighted by Crippen LogP contribution is 2.20. The van der Waals surface area contributed by atoms with Gasteiger partial charge in [0.05, 0.1) is 16.8 Å². The van der Waals surface area contributed by atoms with Crippen LogP contribution in [0.15, 0.2) is 53.7 Å². The third-order valence-electron chi connectivity index (χ3n) is 3.57. The normalized spacial score (nSPS) is 11.1. The van der Waals surface area contributed by atoms with Crippen LogP contribution < -0.4 is 5.32 Å². The number of carbonyl (C=O) groups excluding carboxylic acids is 1. The van der Waals surface area contributed by atoms with Gasteiger partial charge in [-0.05, 0) is 35.7 Å². The Morgan fingerprint density at radius 1 is 1.17 bits per heavy atom. The number of benzene rings is 2. The Kier molecular flexibility index (Phi) is 4.67. The van der Waals surface area contributed by atoms with Gasteiger partial charge in [0.1, 0.15) is 0 Å². The van der Waals surface area contributed by atoms with E-state index in [1.807, 2.05) is 48.5 Å². The minimum atomic E-state index is -0.0345. The average Bonchev–Trinajstić information content (AvgIpc) is 2.96. The molecule has 2 aromatic carbocycles. The molecule has 3 aromatic rings. The van der Waals surface area contributed by atoms with E-state index in [2.05, 4.69) is 29.1 Å². The lowest BCUT2D eigenvalue weighted by molar-refractivity contribution is -0.113. The lowest BCUT2D eigenvalue weighted by atomic mass is 10.0. The molecule has 0 aliphatic carbocycles. The van der Waals surface area contributed by atoms with Gasteiger partial charge in [-0.2, -0.15) is 0 Å². The van der Waals surface area contributed by atoms with Crippen molar-refractivity contribution in [2.24, 2.45) is 0 Å². The Balaban J connectivity index is 1.56. The molecule has 3 rings (SSSR count). The third kappa shape index (κ3) is 3.93. The number of aromatic nitrogens is 2. The van der Waals surface area contributed by atoms with E-state index in [-0.39, 0.29) is 5.91 Å². The Labute approximate surface area is 139 Å². The maximum Gasteiger partial charge on any atom is 0.234 e. The van der Waals surface area contributed by atoms with Crippen LogP contribution in [0.3, 0.4) is 0 Å². The van der Waals surface area contributed by atoms with Gasteiger partial charge >= 0.3 is 0 Å². The summed E-state index contributed by atoms with van der Waals surface area (Å²) in [6.07, 6.45) is 0. The maximum absolute atomic E-state index is 12.0.